The zero-order chi connectivity index (χ0) is 13.1. The highest BCUT2D eigenvalue weighted by molar-refractivity contribution is 6.32. The molecule has 100 valence electrons. The molecule has 0 aromatic heterocycles. The Balaban J connectivity index is 2.06. The molecule has 18 heavy (non-hydrogen) atoms. The minimum Gasteiger partial charge on any atom is -0.495 e. The second kappa shape index (κ2) is 5.91. The molecule has 4 heteroatoms. The van der Waals surface area contributed by atoms with E-state index < -0.39 is 0 Å². The van der Waals surface area contributed by atoms with Crippen LogP contribution in [0.5, 0.6) is 5.75 Å². The van der Waals surface area contributed by atoms with E-state index in [0.29, 0.717) is 17.1 Å². The van der Waals surface area contributed by atoms with Crippen molar-refractivity contribution in [2.24, 2.45) is 0 Å². The van der Waals surface area contributed by atoms with Gasteiger partial charge in [0.1, 0.15) is 5.75 Å². The Morgan fingerprint density at radius 2 is 2.22 bits per heavy atom. The maximum Gasteiger partial charge on any atom is 0.137 e. The van der Waals surface area contributed by atoms with Crippen LogP contribution in [0.1, 0.15) is 19.4 Å². The van der Waals surface area contributed by atoms with E-state index in [1.165, 1.54) is 5.56 Å². The van der Waals surface area contributed by atoms with Gasteiger partial charge in [-0.15, -0.1) is 0 Å². The lowest BCUT2D eigenvalue weighted by Gasteiger charge is -2.37. The highest BCUT2D eigenvalue weighted by Gasteiger charge is 2.22. The molecule has 3 nitrogen and oxygen atoms in total. The quantitative estimate of drug-likeness (QED) is 0.912. The van der Waals surface area contributed by atoms with Crippen LogP contribution in [-0.2, 0) is 6.54 Å². The summed E-state index contributed by atoms with van der Waals surface area (Å²) in [6.45, 7) is 7.54. The fourth-order valence-electron chi connectivity index (χ4n) is 2.36. The van der Waals surface area contributed by atoms with Crippen molar-refractivity contribution in [1.82, 2.24) is 10.2 Å². The van der Waals surface area contributed by atoms with Crippen LogP contribution in [0.15, 0.2) is 18.2 Å². The summed E-state index contributed by atoms with van der Waals surface area (Å²) in [4.78, 5) is 2.49. The van der Waals surface area contributed by atoms with E-state index in [0.717, 1.165) is 25.4 Å². The summed E-state index contributed by atoms with van der Waals surface area (Å²) in [5.74, 6) is 0.738. The van der Waals surface area contributed by atoms with E-state index in [1.807, 2.05) is 12.1 Å². The second-order valence-electron chi connectivity index (χ2n) is 5.06. The summed E-state index contributed by atoms with van der Waals surface area (Å²) in [7, 11) is 1.64. The third-order valence-electron chi connectivity index (χ3n) is 3.50. The molecule has 1 saturated heterocycles. The van der Waals surface area contributed by atoms with E-state index >= 15 is 0 Å². The zero-order valence-electron chi connectivity index (χ0n) is 11.2. The van der Waals surface area contributed by atoms with E-state index in [1.54, 1.807) is 7.11 Å². The topological polar surface area (TPSA) is 24.5 Å². The van der Waals surface area contributed by atoms with Crippen molar-refractivity contribution < 1.29 is 4.74 Å². The van der Waals surface area contributed by atoms with Gasteiger partial charge in [0.25, 0.3) is 0 Å². The van der Waals surface area contributed by atoms with Gasteiger partial charge >= 0.3 is 0 Å². The number of benzene rings is 1. The summed E-state index contributed by atoms with van der Waals surface area (Å²) >= 11 is 6.16. The minimum atomic E-state index is 0.551. The molecule has 1 aliphatic rings. The third-order valence-corrected chi connectivity index (χ3v) is 3.79. The molecule has 0 aliphatic carbocycles. The number of rotatable bonds is 3. The van der Waals surface area contributed by atoms with Crippen LogP contribution in [0, 0.1) is 0 Å². The predicted octanol–water partition coefficient (Wildman–Crippen LogP) is 2.53. The first kappa shape index (κ1) is 13.7. The molecule has 1 fully saturated rings. The summed E-state index contributed by atoms with van der Waals surface area (Å²) in [6, 6.07) is 7.13. The first-order valence-corrected chi connectivity index (χ1v) is 6.77. The first-order valence-electron chi connectivity index (χ1n) is 6.40. The molecule has 2 atom stereocenters. The van der Waals surface area contributed by atoms with Crippen molar-refractivity contribution >= 4 is 11.6 Å². The number of hydrogen-bond acceptors (Lipinski definition) is 3. The Bertz CT molecular complexity index is 411. The monoisotopic (exact) mass is 268 g/mol. The number of nitrogens with one attached hydrogen (secondary N) is 1. The van der Waals surface area contributed by atoms with Crippen LogP contribution >= 0.6 is 11.6 Å². The highest BCUT2D eigenvalue weighted by Crippen LogP contribution is 2.26. The van der Waals surface area contributed by atoms with Gasteiger partial charge in [-0.1, -0.05) is 17.7 Å². The van der Waals surface area contributed by atoms with Crippen molar-refractivity contribution in [2.75, 3.05) is 20.2 Å². The van der Waals surface area contributed by atoms with Gasteiger partial charge in [0.2, 0.25) is 0 Å². The van der Waals surface area contributed by atoms with E-state index in [4.69, 9.17) is 16.3 Å². The molecule has 1 heterocycles. The Hall–Kier alpha value is -0.770. The molecule has 0 amide bonds. The van der Waals surface area contributed by atoms with Crippen molar-refractivity contribution in [1.29, 1.82) is 0 Å². The summed E-state index contributed by atoms with van der Waals surface area (Å²) < 4.78 is 5.17. The molecule has 1 aliphatic heterocycles. The lowest BCUT2D eigenvalue weighted by Crippen LogP contribution is -2.53. The smallest absolute Gasteiger partial charge is 0.137 e. The van der Waals surface area contributed by atoms with Crippen LogP contribution < -0.4 is 10.1 Å². The van der Waals surface area contributed by atoms with Crippen molar-refractivity contribution in [3.05, 3.63) is 28.8 Å². The highest BCUT2D eigenvalue weighted by atomic mass is 35.5. The van der Waals surface area contributed by atoms with Crippen LogP contribution in [0.2, 0.25) is 5.02 Å². The van der Waals surface area contributed by atoms with Gasteiger partial charge in [-0.25, -0.2) is 0 Å². The van der Waals surface area contributed by atoms with Gasteiger partial charge in [-0.2, -0.15) is 0 Å². The molecule has 0 saturated carbocycles. The van der Waals surface area contributed by atoms with Crippen LogP contribution in [0.25, 0.3) is 0 Å². The summed E-state index contributed by atoms with van der Waals surface area (Å²) in [6.07, 6.45) is 0. The van der Waals surface area contributed by atoms with Crippen molar-refractivity contribution in [3.8, 4) is 5.75 Å². The number of hydrogen-bond donors (Lipinski definition) is 1. The number of nitrogens with zero attached hydrogens (tertiary/aromatic N) is 1. The maximum absolute atomic E-state index is 6.16. The lowest BCUT2D eigenvalue weighted by molar-refractivity contribution is 0.139. The molecule has 1 aromatic rings. The van der Waals surface area contributed by atoms with Crippen molar-refractivity contribution in [2.45, 2.75) is 32.5 Å². The molecular weight excluding hydrogens is 248 g/mol. The predicted molar refractivity (Wildman–Crippen MR) is 75.3 cm³/mol. The van der Waals surface area contributed by atoms with E-state index in [2.05, 4.69) is 30.1 Å². The average molecular weight is 269 g/mol. The Kier molecular flexibility index (Phi) is 4.49. The summed E-state index contributed by atoms with van der Waals surface area (Å²) in [5, 5.41) is 4.18. The second-order valence-corrected chi connectivity index (χ2v) is 5.46. The number of piperazine rings is 1. The molecule has 1 N–H and O–H groups in total. The maximum atomic E-state index is 6.16. The van der Waals surface area contributed by atoms with Crippen LogP contribution in [-0.4, -0.2) is 37.2 Å². The van der Waals surface area contributed by atoms with Crippen LogP contribution in [0.3, 0.4) is 0 Å². The van der Waals surface area contributed by atoms with Crippen molar-refractivity contribution in [3.63, 3.8) is 0 Å². The van der Waals surface area contributed by atoms with Gasteiger partial charge in [-0.3, -0.25) is 4.90 Å². The SMILES string of the molecule is COc1ccc(CN2CC(C)NCC2C)cc1Cl. The van der Waals surface area contributed by atoms with E-state index in [-0.39, 0.29) is 0 Å². The number of ether oxygens (including phenoxy) is 1. The summed E-state index contributed by atoms with van der Waals surface area (Å²) in [5.41, 5.74) is 1.24. The van der Waals surface area contributed by atoms with Gasteiger partial charge < -0.3 is 10.1 Å². The van der Waals surface area contributed by atoms with Gasteiger partial charge in [0.05, 0.1) is 12.1 Å². The minimum absolute atomic E-state index is 0.551. The third kappa shape index (κ3) is 3.16. The van der Waals surface area contributed by atoms with Gasteiger partial charge in [0, 0.05) is 31.7 Å². The van der Waals surface area contributed by atoms with E-state index in [9.17, 15) is 0 Å². The fraction of sp³-hybridized carbons (Fsp3) is 0.571. The van der Waals surface area contributed by atoms with Gasteiger partial charge in [-0.05, 0) is 31.5 Å². The molecule has 2 unspecified atom stereocenters. The van der Waals surface area contributed by atoms with Crippen LogP contribution in [0.4, 0.5) is 0 Å². The largest absolute Gasteiger partial charge is 0.495 e. The first-order chi connectivity index (χ1) is 8.60. The normalized spacial score (nSPS) is 25.1. The standard InChI is InChI=1S/C14H21ClN2O/c1-10-8-17(11(2)7-16-10)9-12-4-5-14(18-3)13(15)6-12/h4-6,10-11,16H,7-9H2,1-3H3. The Morgan fingerprint density at radius 1 is 1.44 bits per heavy atom. The lowest BCUT2D eigenvalue weighted by atomic mass is 10.1. The zero-order valence-corrected chi connectivity index (χ0v) is 12.0. The molecule has 0 radical (unpaired) electrons. The molecule has 1 aromatic carbocycles. The Morgan fingerprint density at radius 3 is 2.89 bits per heavy atom. The molecule has 0 bridgehead atoms. The number of methoxy groups -OCH3 is 1. The van der Waals surface area contributed by atoms with Gasteiger partial charge in [0.15, 0.2) is 0 Å². The molecule has 2 rings (SSSR count). The number of halogens is 1. The Labute approximate surface area is 114 Å². The fourth-order valence-corrected chi connectivity index (χ4v) is 2.64. The molecular formula is C14H21ClN2O. The average Bonchev–Trinajstić information content (AvgIpc) is 2.34. The molecule has 0 spiro atoms.